The van der Waals surface area contributed by atoms with Crippen molar-refractivity contribution < 1.29 is 9.90 Å². The van der Waals surface area contributed by atoms with Crippen LogP contribution in [0, 0.1) is 0 Å². The molecule has 0 spiro atoms. The lowest BCUT2D eigenvalue weighted by Gasteiger charge is -2.16. The van der Waals surface area contributed by atoms with Crippen LogP contribution in [0.3, 0.4) is 0 Å². The highest BCUT2D eigenvalue weighted by Gasteiger charge is 2.19. The zero-order valence-corrected chi connectivity index (χ0v) is 11.1. The van der Waals surface area contributed by atoms with Crippen LogP contribution < -0.4 is 11.1 Å². The number of anilines is 1. The molecule has 0 fully saturated rings. The van der Waals surface area contributed by atoms with Gasteiger partial charge in [-0.3, -0.25) is 4.79 Å². The third-order valence-corrected chi connectivity index (χ3v) is 3.20. The van der Waals surface area contributed by atoms with E-state index in [0.717, 1.165) is 5.56 Å². The molecule has 2 rings (SSSR count). The molecule has 4 nitrogen and oxygen atoms in total. The van der Waals surface area contributed by atoms with E-state index in [1.165, 1.54) is 0 Å². The number of carbonyl (C=O) groups excluding carboxylic acids is 1. The number of amides is 1. The average molecular weight is 270 g/mol. The summed E-state index contributed by atoms with van der Waals surface area (Å²) < 4.78 is 0. The highest BCUT2D eigenvalue weighted by molar-refractivity contribution is 5.96. The average Bonchev–Trinajstić information content (AvgIpc) is 2.49. The van der Waals surface area contributed by atoms with Gasteiger partial charge < -0.3 is 16.2 Å². The van der Waals surface area contributed by atoms with Crippen LogP contribution in [0.15, 0.2) is 54.6 Å². The van der Waals surface area contributed by atoms with Gasteiger partial charge in [0.15, 0.2) is 0 Å². The van der Waals surface area contributed by atoms with Crippen LogP contribution in [0.2, 0.25) is 0 Å². The molecule has 4 N–H and O–H groups in total. The lowest BCUT2D eigenvalue weighted by atomic mass is 9.98. The number of hydrogen-bond acceptors (Lipinski definition) is 3. The van der Waals surface area contributed by atoms with E-state index < -0.39 is 5.92 Å². The monoisotopic (exact) mass is 270 g/mol. The molecule has 1 unspecified atom stereocenters. The van der Waals surface area contributed by atoms with Gasteiger partial charge in [0.1, 0.15) is 0 Å². The van der Waals surface area contributed by atoms with Crippen LogP contribution in [-0.2, 0) is 11.4 Å². The number of aliphatic hydroxyl groups excluding tert-OH is 1. The minimum absolute atomic E-state index is 0.116. The van der Waals surface area contributed by atoms with E-state index in [1.807, 2.05) is 42.5 Å². The van der Waals surface area contributed by atoms with Gasteiger partial charge in [-0.15, -0.1) is 0 Å². The van der Waals surface area contributed by atoms with E-state index in [1.54, 1.807) is 12.1 Å². The van der Waals surface area contributed by atoms with Crippen LogP contribution in [0.1, 0.15) is 17.0 Å². The highest BCUT2D eigenvalue weighted by Crippen LogP contribution is 2.20. The van der Waals surface area contributed by atoms with Crippen molar-refractivity contribution in [3.05, 3.63) is 65.7 Å². The van der Waals surface area contributed by atoms with Crippen LogP contribution in [0.5, 0.6) is 0 Å². The molecule has 104 valence electrons. The molecule has 1 atom stereocenters. The largest absolute Gasteiger partial charge is 0.392 e. The van der Waals surface area contributed by atoms with Crippen molar-refractivity contribution in [2.24, 2.45) is 5.73 Å². The number of nitrogens with one attached hydrogen (secondary N) is 1. The van der Waals surface area contributed by atoms with Crippen LogP contribution in [0.25, 0.3) is 0 Å². The lowest BCUT2D eigenvalue weighted by Crippen LogP contribution is -2.27. The van der Waals surface area contributed by atoms with E-state index >= 15 is 0 Å². The van der Waals surface area contributed by atoms with E-state index in [0.29, 0.717) is 11.3 Å². The van der Waals surface area contributed by atoms with Gasteiger partial charge in [-0.1, -0.05) is 48.5 Å². The smallest absolute Gasteiger partial charge is 0.233 e. The number of benzene rings is 2. The summed E-state index contributed by atoms with van der Waals surface area (Å²) in [6, 6.07) is 16.6. The standard InChI is InChI=1S/C16H18N2O2/c17-10-14(12-6-2-1-3-7-12)16(20)18-15-9-5-4-8-13(15)11-19/h1-9,14,19H,10-11,17H2,(H,18,20). The molecule has 0 aliphatic rings. The van der Waals surface area contributed by atoms with Crippen molar-refractivity contribution in [1.29, 1.82) is 0 Å². The number of nitrogens with two attached hydrogens (primary N) is 1. The van der Waals surface area contributed by atoms with E-state index in [-0.39, 0.29) is 19.1 Å². The van der Waals surface area contributed by atoms with Crippen molar-refractivity contribution >= 4 is 11.6 Å². The van der Waals surface area contributed by atoms with Crippen molar-refractivity contribution in [3.8, 4) is 0 Å². The Hall–Kier alpha value is -2.17. The molecule has 1 amide bonds. The quantitative estimate of drug-likeness (QED) is 0.776. The van der Waals surface area contributed by atoms with Crippen LogP contribution in [-0.4, -0.2) is 17.6 Å². The Morgan fingerprint density at radius 1 is 1.10 bits per heavy atom. The molecule has 2 aromatic carbocycles. The molecule has 20 heavy (non-hydrogen) atoms. The predicted molar refractivity (Wildman–Crippen MR) is 79.2 cm³/mol. The van der Waals surface area contributed by atoms with Gasteiger partial charge in [-0.05, 0) is 11.6 Å². The number of rotatable bonds is 5. The van der Waals surface area contributed by atoms with Gasteiger partial charge in [0, 0.05) is 17.8 Å². The fourth-order valence-electron chi connectivity index (χ4n) is 2.08. The first-order valence-corrected chi connectivity index (χ1v) is 6.51. The highest BCUT2D eigenvalue weighted by atomic mass is 16.3. The second-order valence-corrected chi connectivity index (χ2v) is 4.50. The maximum Gasteiger partial charge on any atom is 0.233 e. The SMILES string of the molecule is NCC(C(=O)Nc1ccccc1CO)c1ccccc1. The van der Waals surface area contributed by atoms with Gasteiger partial charge in [-0.25, -0.2) is 0 Å². The second-order valence-electron chi connectivity index (χ2n) is 4.50. The first-order chi connectivity index (χ1) is 9.76. The number of para-hydroxylation sites is 1. The number of carbonyl (C=O) groups is 1. The normalized spacial score (nSPS) is 11.9. The molecule has 2 aromatic rings. The molecule has 0 aliphatic carbocycles. The van der Waals surface area contributed by atoms with Gasteiger partial charge in [0.25, 0.3) is 0 Å². The minimum Gasteiger partial charge on any atom is -0.392 e. The first kappa shape index (κ1) is 14.2. The van der Waals surface area contributed by atoms with Crippen molar-refractivity contribution in [1.82, 2.24) is 0 Å². The van der Waals surface area contributed by atoms with E-state index in [2.05, 4.69) is 5.32 Å². The molecule has 0 bridgehead atoms. The Balaban J connectivity index is 2.18. The number of hydrogen-bond donors (Lipinski definition) is 3. The van der Waals surface area contributed by atoms with Gasteiger partial charge in [0.2, 0.25) is 5.91 Å². The molecule has 0 heterocycles. The summed E-state index contributed by atoms with van der Waals surface area (Å²) >= 11 is 0. The summed E-state index contributed by atoms with van der Waals surface area (Å²) in [6.45, 7) is 0.117. The van der Waals surface area contributed by atoms with Crippen molar-refractivity contribution in [2.75, 3.05) is 11.9 Å². The zero-order valence-electron chi connectivity index (χ0n) is 11.1. The third-order valence-electron chi connectivity index (χ3n) is 3.20. The Morgan fingerprint density at radius 2 is 1.75 bits per heavy atom. The molecule has 4 heteroatoms. The number of aliphatic hydroxyl groups is 1. The summed E-state index contributed by atoms with van der Waals surface area (Å²) in [5.41, 5.74) is 7.91. The van der Waals surface area contributed by atoms with Gasteiger partial charge in [0.05, 0.1) is 12.5 Å². The van der Waals surface area contributed by atoms with Crippen molar-refractivity contribution in [3.63, 3.8) is 0 Å². The molecule has 0 aliphatic heterocycles. The zero-order chi connectivity index (χ0) is 14.4. The third kappa shape index (κ3) is 3.23. The lowest BCUT2D eigenvalue weighted by molar-refractivity contribution is -0.117. The van der Waals surface area contributed by atoms with E-state index in [4.69, 9.17) is 5.73 Å². The molecule has 0 saturated carbocycles. The van der Waals surface area contributed by atoms with Crippen LogP contribution >= 0.6 is 0 Å². The maximum atomic E-state index is 12.3. The fourth-order valence-corrected chi connectivity index (χ4v) is 2.08. The molecule has 0 aromatic heterocycles. The molecular formula is C16H18N2O2. The Labute approximate surface area is 118 Å². The summed E-state index contributed by atoms with van der Waals surface area (Å²) in [5, 5.41) is 12.1. The van der Waals surface area contributed by atoms with Gasteiger partial charge >= 0.3 is 0 Å². The molecular weight excluding hydrogens is 252 g/mol. The summed E-state index contributed by atoms with van der Waals surface area (Å²) in [4.78, 5) is 12.3. The molecule has 0 radical (unpaired) electrons. The van der Waals surface area contributed by atoms with Crippen LogP contribution in [0.4, 0.5) is 5.69 Å². The summed E-state index contributed by atoms with van der Waals surface area (Å²) in [5.74, 6) is -0.567. The molecule has 0 saturated heterocycles. The first-order valence-electron chi connectivity index (χ1n) is 6.51. The van der Waals surface area contributed by atoms with E-state index in [9.17, 15) is 9.90 Å². The minimum atomic E-state index is -0.400. The maximum absolute atomic E-state index is 12.3. The fraction of sp³-hybridized carbons (Fsp3) is 0.188. The topological polar surface area (TPSA) is 75.4 Å². The summed E-state index contributed by atoms with van der Waals surface area (Å²) in [6.07, 6.45) is 0. The van der Waals surface area contributed by atoms with Gasteiger partial charge in [-0.2, -0.15) is 0 Å². The van der Waals surface area contributed by atoms with Crippen molar-refractivity contribution in [2.45, 2.75) is 12.5 Å². The Kier molecular flexibility index (Phi) is 4.87. The Morgan fingerprint density at radius 3 is 2.40 bits per heavy atom. The predicted octanol–water partition coefficient (Wildman–Crippen LogP) is 1.86. The summed E-state index contributed by atoms with van der Waals surface area (Å²) in [7, 11) is 0. The Bertz CT molecular complexity index is 570. The second kappa shape index (κ2) is 6.84.